The van der Waals surface area contributed by atoms with Gasteiger partial charge in [-0.05, 0) is 33.8 Å². The van der Waals surface area contributed by atoms with Gasteiger partial charge in [-0.25, -0.2) is 0 Å². The van der Waals surface area contributed by atoms with E-state index in [-0.39, 0.29) is 0 Å². The van der Waals surface area contributed by atoms with E-state index in [4.69, 9.17) is 31.0 Å². The second kappa shape index (κ2) is 4.51. The molecule has 0 radical (unpaired) electrons. The molecule has 0 atom stereocenters. The van der Waals surface area contributed by atoms with E-state index < -0.39 is 25.4 Å². The summed E-state index contributed by atoms with van der Waals surface area (Å²) in [4.78, 5) is 0. The molecule has 98 valence electrons. The number of halogens is 1. The molecule has 0 bridgehead atoms. The largest absolute Gasteiger partial charge is 0.507 e. The Labute approximate surface area is 116 Å². The van der Waals surface area contributed by atoms with Crippen molar-refractivity contribution in [2.45, 2.75) is 38.9 Å². The van der Waals surface area contributed by atoms with Crippen LogP contribution in [-0.4, -0.2) is 35.5 Å². The highest BCUT2D eigenvalue weighted by Crippen LogP contribution is 2.37. The predicted octanol–water partition coefficient (Wildman–Crippen LogP) is 0.380. The van der Waals surface area contributed by atoms with E-state index in [1.807, 2.05) is 27.7 Å². The molecular formula is C10H15B2ClO4S. The van der Waals surface area contributed by atoms with Gasteiger partial charge in [0.2, 0.25) is 0 Å². The zero-order chi connectivity index (χ0) is 13.7. The maximum Gasteiger partial charge on any atom is 0.507 e. The minimum Gasteiger partial charge on any atom is -0.423 e. The Morgan fingerprint density at radius 1 is 1.22 bits per heavy atom. The van der Waals surface area contributed by atoms with Crippen molar-refractivity contribution in [3.05, 3.63) is 11.1 Å². The SMILES string of the molecule is CC1(C)OB(c2sc(B(O)O)cc2Cl)OC1(C)C. The third-order valence-corrected chi connectivity index (χ3v) is 5.08. The molecule has 1 aromatic rings. The zero-order valence-corrected chi connectivity index (χ0v) is 12.3. The van der Waals surface area contributed by atoms with E-state index in [1.54, 1.807) is 0 Å². The van der Waals surface area contributed by atoms with Crippen LogP contribution in [0.1, 0.15) is 27.7 Å². The molecule has 2 rings (SSSR count). The van der Waals surface area contributed by atoms with Crippen LogP contribution in [-0.2, 0) is 9.31 Å². The van der Waals surface area contributed by atoms with Gasteiger partial charge in [0.1, 0.15) is 0 Å². The molecule has 1 aromatic heterocycles. The van der Waals surface area contributed by atoms with Crippen LogP contribution in [0.4, 0.5) is 0 Å². The fraction of sp³-hybridized carbons (Fsp3) is 0.600. The number of hydrogen-bond donors (Lipinski definition) is 2. The molecule has 1 aliphatic rings. The van der Waals surface area contributed by atoms with Crippen LogP contribution in [0.5, 0.6) is 0 Å². The maximum absolute atomic E-state index is 9.14. The molecule has 1 saturated heterocycles. The quantitative estimate of drug-likeness (QED) is 0.773. The Morgan fingerprint density at radius 3 is 2.11 bits per heavy atom. The summed E-state index contributed by atoms with van der Waals surface area (Å²) in [6, 6.07) is 1.53. The smallest absolute Gasteiger partial charge is 0.423 e. The highest BCUT2D eigenvalue weighted by molar-refractivity contribution is 7.30. The summed E-state index contributed by atoms with van der Waals surface area (Å²) in [6.45, 7) is 7.82. The first-order valence-electron chi connectivity index (χ1n) is 5.65. The van der Waals surface area contributed by atoms with Gasteiger partial charge in [-0.15, -0.1) is 0 Å². The number of thiophene rings is 1. The van der Waals surface area contributed by atoms with Crippen molar-refractivity contribution in [2.75, 3.05) is 0 Å². The fourth-order valence-electron chi connectivity index (χ4n) is 1.64. The molecule has 0 amide bonds. The van der Waals surface area contributed by atoms with Gasteiger partial charge in [-0.3, -0.25) is 0 Å². The van der Waals surface area contributed by atoms with Gasteiger partial charge >= 0.3 is 14.2 Å². The van der Waals surface area contributed by atoms with Crippen LogP contribution >= 0.6 is 22.9 Å². The molecule has 4 nitrogen and oxygen atoms in total. The molecule has 2 heterocycles. The van der Waals surface area contributed by atoms with Crippen molar-refractivity contribution in [1.29, 1.82) is 0 Å². The zero-order valence-electron chi connectivity index (χ0n) is 10.7. The second-order valence-corrected chi connectivity index (χ2v) is 6.85. The number of rotatable bonds is 2. The van der Waals surface area contributed by atoms with Crippen LogP contribution in [0.2, 0.25) is 5.02 Å². The van der Waals surface area contributed by atoms with E-state index in [0.717, 1.165) is 0 Å². The summed E-state index contributed by atoms with van der Waals surface area (Å²) < 4.78 is 12.8. The summed E-state index contributed by atoms with van der Waals surface area (Å²) in [5.41, 5.74) is -0.883. The first-order valence-corrected chi connectivity index (χ1v) is 6.84. The van der Waals surface area contributed by atoms with Crippen molar-refractivity contribution in [3.8, 4) is 0 Å². The van der Waals surface area contributed by atoms with Gasteiger partial charge in [0.25, 0.3) is 0 Å². The standard InChI is InChI=1S/C10H15B2ClO4S/c1-9(2)10(3,4)17-12(16-9)8-6(13)5-7(18-8)11(14)15/h5,14-15H,1-4H3. The van der Waals surface area contributed by atoms with Gasteiger partial charge in [0.05, 0.1) is 21.0 Å². The van der Waals surface area contributed by atoms with Gasteiger partial charge in [-0.2, -0.15) is 11.3 Å². The molecule has 0 aromatic carbocycles. The Morgan fingerprint density at radius 2 is 1.72 bits per heavy atom. The predicted molar refractivity (Wildman–Crippen MR) is 74.9 cm³/mol. The monoisotopic (exact) mass is 288 g/mol. The lowest BCUT2D eigenvalue weighted by Gasteiger charge is -2.32. The minimum absolute atomic E-state index is 0.379. The molecule has 1 aliphatic heterocycles. The molecule has 8 heteroatoms. The third-order valence-electron chi connectivity index (χ3n) is 3.45. The Hall–Kier alpha value is -0.0401. The molecule has 2 N–H and O–H groups in total. The van der Waals surface area contributed by atoms with E-state index in [0.29, 0.717) is 14.6 Å². The van der Waals surface area contributed by atoms with Crippen LogP contribution in [0.25, 0.3) is 0 Å². The van der Waals surface area contributed by atoms with Crippen LogP contribution in [0.3, 0.4) is 0 Å². The maximum atomic E-state index is 9.14. The molecule has 0 unspecified atom stereocenters. The summed E-state index contributed by atoms with van der Waals surface area (Å²) in [5.74, 6) is 0. The normalized spacial score (nSPS) is 21.4. The van der Waals surface area contributed by atoms with Crippen LogP contribution in [0, 0.1) is 0 Å². The van der Waals surface area contributed by atoms with E-state index in [9.17, 15) is 0 Å². The van der Waals surface area contributed by atoms with Gasteiger partial charge < -0.3 is 19.4 Å². The molecule has 18 heavy (non-hydrogen) atoms. The summed E-state index contributed by atoms with van der Waals surface area (Å²) in [7, 11) is -2.09. The highest BCUT2D eigenvalue weighted by Gasteiger charge is 2.53. The Balaban J connectivity index is 2.30. The Bertz CT molecular complexity index is 445. The van der Waals surface area contributed by atoms with Gasteiger partial charge in [0.15, 0.2) is 0 Å². The average molecular weight is 288 g/mol. The topological polar surface area (TPSA) is 58.9 Å². The van der Waals surface area contributed by atoms with Crippen molar-refractivity contribution in [1.82, 2.24) is 0 Å². The van der Waals surface area contributed by atoms with E-state index in [1.165, 1.54) is 17.4 Å². The molecule has 0 spiro atoms. The average Bonchev–Trinajstić information content (AvgIpc) is 2.66. The third kappa shape index (κ3) is 2.35. The summed E-state index contributed by atoms with van der Waals surface area (Å²) in [5, 5.41) is 18.7. The van der Waals surface area contributed by atoms with Crippen molar-refractivity contribution in [3.63, 3.8) is 0 Å². The first kappa shape index (κ1) is 14.4. The van der Waals surface area contributed by atoms with Crippen LogP contribution < -0.4 is 9.55 Å². The second-order valence-electron chi connectivity index (χ2n) is 5.32. The minimum atomic E-state index is -1.52. The number of hydrogen-bond acceptors (Lipinski definition) is 5. The molecular weight excluding hydrogens is 273 g/mol. The van der Waals surface area contributed by atoms with Crippen molar-refractivity contribution >= 4 is 46.7 Å². The fourth-order valence-corrected chi connectivity index (χ4v) is 2.91. The van der Waals surface area contributed by atoms with Crippen molar-refractivity contribution in [2.24, 2.45) is 0 Å². The lowest BCUT2D eigenvalue weighted by atomic mass is 9.86. The molecule has 1 fully saturated rings. The lowest BCUT2D eigenvalue weighted by Crippen LogP contribution is -2.41. The molecule has 0 aliphatic carbocycles. The van der Waals surface area contributed by atoms with E-state index in [2.05, 4.69) is 0 Å². The van der Waals surface area contributed by atoms with E-state index >= 15 is 0 Å². The summed E-state index contributed by atoms with van der Waals surface area (Å²) >= 11 is 7.27. The summed E-state index contributed by atoms with van der Waals surface area (Å²) in [6.07, 6.45) is 0. The van der Waals surface area contributed by atoms with Gasteiger partial charge in [-0.1, -0.05) is 11.6 Å². The van der Waals surface area contributed by atoms with Gasteiger partial charge in [0, 0.05) is 4.78 Å². The lowest BCUT2D eigenvalue weighted by molar-refractivity contribution is 0.00578. The highest BCUT2D eigenvalue weighted by atomic mass is 35.5. The molecule has 0 saturated carbocycles. The van der Waals surface area contributed by atoms with Crippen molar-refractivity contribution < 1.29 is 19.4 Å². The first-order chi connectivity index (χ1) is 8.14. The van der Waals surface area contributed by atoms with Crippen LogP contribution in [0.15, 0.2) is 6.07 Å². The Kier molecular flexibility index (Phi) is 3.60.